The molecule has 2 aromatic heterocycles. The number of pyridine rings is 1. The second kappa shape index (κ2) is 5.31. The number of hydrogen-bond acceptors (Lipinski definition) is 3. The fourth-order valence-electron chi connectivity index (χ4n) is 2.33. The van der Waals surface area contributed by atoms with Crippen molar-refractivity contribution in [2.75, 3.05) is 7.05 Å². The van der Waals surface area contributed by atoms with Crippen LogP contribution in [0.15, 0.2) is 24.5 Å². The number of aryl methyl sites for hydroxylation is 3. The summed E-state index contributed by atoms with van der Waals surface area (Å²) in [6, 6.07) is 4.34. The van der Waals surface area contributed by atoms with Crippen LogP contribution < -0.4 is 5.32 Å². The fourth-order valence-corrected chi connectivity index (χ4v) is 2.33. The standard InChI is InChI=1S/C14H20N4/c1-5-18-7-6-16-14(18)13(15-4)12-8-10(2)17-11(3)9-12/h6-9,13,15H,5H2,1-4H3. The normalized spacial score (nSPS) is 12.7. The van der Waals surface area contributed by atoms with Crippen molar-refractivity contribution in [1.29, 1.82) is 0 Å². The third-order valence-electron chi connectivity index (χ3n) is 3.07. The van der Waals surface area contributed by atoms with Gasteiger partial charge in [-0.3, -0.25) is 4.98 Å². The summed E-state index contributed by atoms with van der Waals surface area (Å²) in [5, 5.41) is 3.34. The molecule has 0 fully saturated rings. The number of nitrogens with zero attached hydrogens (tertiary/aromatic N) is 3. The summed E-state index contributed by atoms with van der Waals surface area (Å²) < 4.78 is 2.16. The Bertz CT molecular complexity index is 510. The van der Waals surface area contributed by atoms with Crippen molar-refractivity contribution < 1.29 is 0 Å². The van der Waals surface area contributed by atoms with Crippen LogP contribution in [0.4, 0.5) is 0 Å². The van der Waals surface area contributed by atoms with E-state index >= 15 is 0 Å². The Kier molecular flexibility index (Phi) is 3.77. The van der Waals surface area contributed by atoms with Gasteiger partial charge in [0, 0.05) is 30.3 Å². The van der Waals surface area contributed by atoms with Crippen LogP contribution >= 0.6 is 0 Å². The highest BCUT2D eigenvalue weighted by atomic mass is 15.1. The van der Waals surface area contributed by atoms with Crippen LogP contribution in [0.5, 0.6) is 0 Å². The minimum absolute atomic E-state index is 0.111. The molecule has 0 aliphatic rings. The van der Waals surface area contributed by atoms with Gasteiger partial charge in [0.25, 0.3) is 0 Å². The van der Waals surface area contributed by atoms with Gasteiger partial charge in [-0.05, 0) is 45.5 Å². The maximum absolute atomic E-state index is 4.47. The molecule has 2 rings (SSSR count). The minimum atomic E-state index is 0.111. The first kappa shape index (κ1) is 12.8. The molecular weight excluding hydrogens is 224 g/mol. The summed E-state index contributed by atoms with van der Waals surface area (Å²) in [5.74, 6) is 1.05. The Morgan fingerprint density at radius 3 is 2.50 bits per heavy atom. The molecule has 1 unspecified atom stereocenters. The topological polar surface area (TPSA) is 42.7 Å². The van der Waals surface area contributed by atoms with E-state index in [-0.39, 0.29) is 6.04 Å². The average molecular weight is 244 g/mol. The van der Waals surface area contributed by atoms with Crippen molar-refractivity contribution >= 4 is 0 Å². The molecule has 0 amide bonds. The molecule has 4 heteroatoms. The molecule has 2 heterocycles. The summed E-state index contributed by atoms with van der Waals surface area (Å²) in [5.41, 5.74) is 3.29. The molecule has 0 saturated carbocycles. The predicted octanol–water partition coefficient (Wildman–Crippen LogP) is 2.22. The average Bonchev–Trinajstić information content (AvgIpc) is 2.77. The Hall–Kier alpha value is -1.68. The summed E-state index contributed by atoms with van der Waals surface area (Å²) >= 11 is 0. The van der Waals surface area contributed by atoms with Crippen LogP contribution in [-0.2, 0) is 6.54 Å². The Morgan fingerprint density at radius 2 is 1.94 bits per heavy atom. The lowest BCUT2D eigenvalue weighted by molar-refractivity contribution is 0.589. The first-order chi connectivity index (χ1) is 8.65. The van der Waals surface area contributed by atoms with Gasteiger partial charge in [-0.2, -0.15) is 0 Å². The molecule has 0 aromatic carbocycles. The number of imidazole rings is 1. The van der Waals surface area contributed by atoms with Crippen molar-refractivity contribution in [3.8, 4) is 0 Å². The van der Waals surface area contributed by atoms with E-state index in [1.54, 1.807) is 0 Å². The van der Waals surface area contributed by atoms with Gasteiger partial charge in [0.05, 0.1) is 6.04 Å². The maximum Gasteiger partial charge on any atom is 0.130 e. The molecule has 1 N–H and O–H groups in total. The molecule has 0 radical (unpaired) electrons. The highest BCUT2D eigenvalue weighted by Gasteiger charge is 2.17. The molecule has 2 aromatic rings. The van der Waals surface area contributed by atoms with Crippen LogP contribution in [0.1, 0.15) is 35.7 Å². The summed E-state index contributed by atoms with van der Waals surface area (Å²) in [7, 11) is 1.96. The smallest absolute Gasteiger partial charge is 0.130 e. The van der Waals surface area contributed by atoms with Gasteiger partial charge < -0.3 is 9.88 Å². The van der Waals surface area contributed by atoms with E-state index in [9.17, 15) is 0 Å². The van der Waals surface area contributed by atoms with Gasteiger partial charge in [-0.15, -0.1) is 0 Å². The number of aromatic nitrogens is 3. The van der Waals surface area contributed by atoms with E-state index in [0.29, 0.717) is 0 Å². The molecule has 0 aliphatic carbocycles. The monoisotopic (exact) mass is 244 g/mol. The number of hydrogen-bond donors (Lipinski definition) is 1. The third-order valence-corrected chi connectivity index (χ3v) is 3.07. The van der Waals surface area contributed by atoms with Gasteiger partial charge in [-0.1, -0.05) is 0 Å². The molecule has 0 saturated heterocycles. The maximum atomic E-state index is 4.47. The van der Waals surface area contributed by atoms with Crippen molar-refractivity contribution in [3.63, 3.8) is 0 Å². The number of nitrogens with one attached hydrogen (secondary N) is 1. The lowest BCUT2D eigenvalue weighted by Crippen LogP contribution is -2.22. The van der Waals surface area contributed by atoms with Crippen LogP contribution in [-0.4, -0.2) is 21.6 Å². The molecule has 18 heavy (non-hydrogen) atoms. The highest BCUT2D eigenvalue weighted by molar-refractivity contribution is 5.28. The minimum Gasteiger partial charge on any atom is -0.334 e. The second-order valence-electron chi connectivity index (χ2n) is 4.48. The van der Waals surface area contributed by atoms with E-state index in [2.05, 4.69) is 38.9 Å². The summed E-state index contributed by atoms with van der Waals surface area (Å²) in [6.45, 7) is 7.10. The second-order valence-corrected chi connectivity index (χ2v) is 4.48. The lowest BCUT2D eigenvalue weighted by atomic mass is 10.1. The lowest BCUT2D eigenvalue weighted by Gasteiger charge is -2.18. The molecule has 4 nitrogen and oxygen atoms in total. The Labute approximate surface area is 108 Å². The van der Waals surface area contributed by atoms with E-state index in [4.69, 9.17) is 0 Å². The van der Waals surface area contributed by atoms with Gasteiger partial charge in [0.1, 0.15) is 5.82 Å². The van der Waals surface area contributed by atoms with Crippen LogP contribution in [0.25, 0.3) is 0 Å². The first-order valence-electron chi connectivity index (χ1n) is 6.29. The van der Waals surface area contributed by atoms with Crippen molar-refractivity contribution in [2.45, 2.75) is 33.4 Å². The third kappa shape index (κ3) is 2.43. The Morgan fingerprint density at radius 1 is 1.28 bits per heavy atom. The zero-order chi connectivity index (χ0) is 13.1. The van der Waals surface area contributed by atoms with Crippen molar-refractivity contribution in [2.24, 2.45) is 0 Å². The Balaban J connectivity index is 2.45. The first-order valence-corrected chi connectivity index (χ1v) is 6.29. The number of rotatable bonds is 4. The summed E-state index contributed by atoms with van der Waals surface area (Å²) in [6.07, 6.45) is 3.87. The quantitative estimate of drug-likeness (QED) is 0.896. The van der Waals surface area contributed by atoms with E-state index in [0.717, 1.165) is 23.8 Å². The SMILES string of the molecule is CCn1ccnc1C(NC)c1cc(C)nc(C)c1. The van der Waals surface area contributed by atoms with Crippen LogP contribution in [0.3, 0.4) is 0 Å². The molecular formula is C14H20N4. The zero-order valence-electron chi connectivity index (χ0n) is 11.4. The van der Waals surface area contributed by atoms with E-state index < -0.39 is 0 Å². The van der Waals surface area contributed by atoms with Gasteiger partial charge in [0.15, 0.2) is 0 Å². The molecule has 1 atom stereocenters. The van der Waals surface area contributed by atoms with E-state index in [1.807, 2.05) is 33.3 Å². The molecule has 0 spiro atoms. The predicted molar refractivity (Wildman–Crippen MR) is 72.5 cm³/mol. The van der Waals surface area contributed by atoms with E-state index in [1.165, 1.54) is 5.56 Å². The van der Waals surface area contributed by atoms with Crippen LogP contribution in [0, 0.1) is 13.8 Å². The summed E-state index contributed by atoms with van der Waals surface area (Å²) in [4.78, 5) is 8.89. The molecule has 96 valence electrons. The largest absolute Gasteiger partial charge is 0.334 e. The van der Waals surface area contributed by atoms with Gasteiger partial charge in [-0.25, -0.2) is 4.98 Å². The van der Waals surface area contributed by atoms with Crippen molar-refractivity contribution in [1.82, 2.24) is 19.9 Å². The molecule has 0 bridgehead atoms. The highest BCUT2D eigenvalue weighted by Crippen LogP contribution is 2.21. The fraction of sp³-hybridized carbons (Fsp3) is 0.429. The van der Waals surface area contributed by atoms with Gasteiger partial charge >= 0.3 is 0 Å². The van der Waals surface area contributed by atoms with Gasteiger partial charge in [0.2, 0.25) is 0 Å². The van der Waals surface area contributed by atoms with Crippen molar-refractivity contribution in [3.05, 3.63) is 47.3 Å². The van der Waals surface area contributed by atoms with Crippen LogP contribution in [0.2, 0.25) is 0 Å². The zero-order valence-corrected chi connectivity index (χ0v) is 11.4. The molecule has 0 aliphatic heterocycles.